The van der Waals surface area contributed by atoms with Crippen molar-refractivity contribution in [1.82, 2.24) is 0 Å². The monoisotopic (exact) mass is 218 g/mol. The lowest BCUT2D eigenvalue weighted by Gasteiger charge is -2.29. The van der Waals surface area contributed by atoms with Gasteiger partial charge < -0.3 is 9.15 Å². The predicted octanol–water partition coefficient (Wildman–Crippen LogP) is 2.79. The first kappa shape index (κ1) is 9.70. The van der Waals surface area contributed by atoms with Crippen molar-refractivity contribution in [3.8, 4) is 0 Å². The van der Waals surface area contributed by atoms with Gasteiger partial charge in [0.05, 0.1) is 12.9 Å². The lowest BCUT2D eigenvalue weighted by molar-refractivity contribution is -0.120. The van der Waals surface area contributed by atoms with Crippen molar-refractivity contribution in [2.45, 2.75) is 31.6 Å². The van der Waals surface area contributed by atoms with Crippen LogP contribution in [-0.2, 0) is 9.53 Å². The zero-order valence-electron chi connectivity index (χ0n) is 9.07. The van der Waals surface area contributed by atoms with Crippen LogP contribution in [0.1, 0.15) is 37.4 Å². The third kappa shape index (κ3) is 1.47. The van der Waals surface area contributed by atoms with Crippen LogP contribution in [-0.4, -0.2) is 12.4 Å². The van der Waals surface area contributed by atoms with Crippen molar-refractivity contribution >= 4 is 5.78 Å². The van der Waals surface area contributed by atoms with Gasteiger partial charge in [-0.1, -0.05) is 0 Å². The fraction of sp³-hybridized carbons (Fsp3) is 0.462. The van der Waals surface area contributed by atoms with Gasteiger partial charge in [0.2, 0.25) is 0 Å². The molecular weight excluding hydrogens is 204 g/mol. The molecule has 16 heavy (non-hydrogen) atoms. The largest absolute Gasteiger partial charge is 0.490 e. The third-order valence-corrected chi connectivity index (χ3v) is 3.35. The number of hydrogen-bond acceptors (Lipinski definition) is 3. The second kappa shape index (κ2) is 3.81. The molecule has 0 fully saturated rings. The first-order valence-electron chi connectivity index (χ1n) is 5.78. The molecule has 1 aromatic rings. The Labute approximate surface area is 94.1 Å². The molecule has 3 heteroatoms. The van der Waals surface area contributed by atoms with Gasteiger partial charge >= 0.3 is 0 Å². The molecule has 1 aliphatic heterocycles. The quantitative estimate of drug-likeness (QED) is 0.727. The van der Waals surface area contributed by atoms with Gasteiger partial charge in [0, 0.05) is 12.3 Å². The first-order chi connectivity index (χ1) is 7.86. The van der Waals surface area contributed by atoms with E-state index in [4.69, 9.17) is 9.15 Å². The molecule has 3 rings (SSSR count). The number of allylic oxidation sites excluding steroid dienone is 2. The molecule has 0 aromatic carbocycles. The molecule has 2 heterocycles. The molecule has 0 amide bonds. The fourth-order valence-corrected chi connectivity index (χ4v) is 2.60. The molecule has 3 nitrogen and oxygen atoms in total. The summed E-state index contributed by atoms with van der Waals surface area (Å²) < 4.78 is 11.0. The second-order valence-corrected chi connectivity index (χ2v) is 4.34. The van der Waals surface area contributed by atoms with Gasteiger partial charge in [-0.15, -0.1) is 0 Å². The molecule has 0 N–H and O–H groups in total. The zero-order chi connectivity index (χ0) is 11.0. The van der Waals surface area contributed by atoms with E-state index in [9.17, 15) is 4.79 Å². The minimum Gasteiger partial charge on any atom is -0.490 e. The Morgan fingerprint density at radius 2 is 2.25 bits per heavy atom. The zero-order valence-corrected chi connectivity index (χ0v) is 9.07. The Bertz CT molecular complexity index is 428. The second-order valence-electron chi connectivity index (χ2n) is 4.34. The molecule has 1 aromatic heterocycles. The topological polar surface area (TPSA) is 39.4 Å². The molecule has 1 atom stereocenters. The van der Waals surface area contributed by atoms with Crippen molar-refractivity contribution in [3.05, 3.63) is 35.5 Å². The maximum atomic E-state index is 11.7. The van der Waals surface area contributed by atoms with Crippen molar-refractivity contribution in [2.24, 2.45) is 0 Å². The summed E-state index contributed by atoms with van der Waals surface area (Å²) in [5, 5.41) is 0. The Balaban J connectivity index is 2.01. The molecular formula is C13H14O3. The van der Waals surface area contributed by atoms with Crippen molar-refractivity contribution < 1.29 is 13.9 Å². The summed E-state index contributed by atoms with van der Waals surface area (Å²) in [6, 6.07) is 3.88. The van der Waals surface area contributed by atoms with Crippen LogP contribution in [0.3, 0.4) is 0 Å². The normalized spacial score (nSPS) is 25.2. The van der Waals surface area contributed by atoms with E-state index in [-0.39, 0.29) is 11.7 Å². The summed E-state index contributed by atoms with van der Waals surface area (Å²) in [6.45, 7) is 0.676. The maximum Gasteiger partial charge on any atom is 0.197 e. The lowest BCUT2D eigenvalue weighted by atomic mass is 9.81. The Kier molecular flexibility index (Phi) is 2.31. The van der Waals surface area contributed by atoms with Crippen LogP contribution in [0, 0.1) is 0 Å². The van der Waals surface area contributed by atoms with Crippen LogP contribution >= 0.6 is 0 Å². The van der Waals surface area contributed by atoms with Crippen LogP contribution in [0.5, 0.6) is 0 Å². The van der Waals surface area contributed by atoms with E-state index in [0.29, 0.717) is 18.8 Å². The highest BCUT2D eigenvalue weighted by Crippen LogP contribution is 2.40. The van der Waals surface area contributed by atoms with E-state index < -0.39 is 0 Å². The van der Waals surface area contributed by atoms with Crippen LogP contribution in [0.15, 0.2) is 34.1 Å². The smallest absolute Gasteiger partial charge is 0.197 e. The molecule has 0 saturated carbocycles. The van der Waals surface area contributed by atoms with E-state index in [1.54, 1.807) is 6.26 Å². The number of carbonyl (C=O) groups is 1. The molecule has 1 aliphatic carbocycles. The molecule has 0 saturated heterocycles. The highest BCUT2D eigenvalue weighted by atomic mass is 16.5. The van der Waals surface area contributed by atoms with Gasteiger partial charge in [0.15, 0.2) is 11.5 Å². The minimum absolute atomic E-state index is 0.164. The van der Waals surface area contributed by atoms with Crippen molar-refractivity contribution in [1.29, 1.82) is 0 Å². The summed E-state index contributed by atoms with van der Waals surface area (Å²) in [5.74, 6) is 2.00. The molecule has 2 aliphatic rings. The average molecular weight is 218 g/mol. The predicted molar refractivity (Wildman–Crippen MR) is 57.9 cm³/mol. The number of rotatable bonds is 1. The molecule has 0 radical (unpaired) electrons. The van der Waals surface area contributed by atoms with E-state index >= 15 is 0 Å². The van der Waals surface area contributed by atoms with Crippen LogP contribution in [0.25, 0.3) is 0 Å². The first-order valence-corrected chi connectivity index (χ1v) is 5.78. The minimum atomic E-state index is 0.164. The van der Waals surface area contributed by atoms with Gasteiger partial charge in [-0.2, -0.15) is 0 Å². The van der Waals surface area contributed by atoms with E-state index in [1.165, 1.54) is 0 Å². The Hall–Kier alpha value is -1.51. The maximum absolute atomic E-state index is 11.7. The summed E-state index contributed by atoms with van der Waals surface area (Å²) in [4.78, 5) is 11.7. The van der Waals surface area contributed by atoms with Crippen molar-refractivity contribution in [3.63, 3.8) is 0 Å². The number of hydrogen-bond donors (Lipinski definition) is 0. The highest BCUT2D eigenvalue weighted by molar-refractivity contribution is 5.95. The third-order valence-electron chi connectivity index (χ3n) is 3.35. The Morgan fingerprint density at radius 3 is 3.06 bits per heavy atom. The number of ketones is 1. The number of carbonyl (C=O) groups excluding carboxylic acids is 1. The summed E-state index contributed by atoms with van der Waals surface area (Å²) in [5.41, 5.74) is 1.15. The van der Waals surface area contributed by atoms with Gasteiger partial charge in [-0.25, -0.2) is 0 Å². The Morgan fingerprint density at radius 1 is 1.31 bits per heavy atom. The van der Waals surface area contributed by atoms with E-state index in [2.05, 4.69) is 0 Å². The number of ether oxygens (including phenoxy) is 1. The molecule has 0 spiro atoms. The highest BCUT2D eigenvalue weighted by Gasteiger charge is 2.33. The van der Waals surface area contributed by atoms with Crippen LogP contribution in [0.4, 0.5) is 0 Å². The van der Waals surface area contributed by atoms with Crippen LogP contribution in [0.2, 0.25) is 0 Å². The van der Waals surface area contributed by atoms with Gasteiger partial charge in [-0.05, 0) is 37.0 Å². The summed E-state index contributed by atoms with van der Waals surface area (Å²) in [6.07, 6.45) is 5.09. The van der Waals surface area contributed by atoms with Crippen molar-refractivity contribution in [2.75, 3.05) is 6.61 Å². The molecule has 84 valence electrons. The van der Waals surface area contributed by atoms with E-state index in [1.807, 2.05) is 12.1 Å². The standard InChI is InChI=1S/C13H14O3/c14-11-6-5-9(12-4-2-7-15-12)10-3-1-8-16-13(10)11/h2,4,7,9H,1,3,5-6,8H2. The van der Waals surface area contributed by atoms with E-state index in [0.717, 1.165) is 30.6 Å². The van der Waals surface area contributed by atoms with Gasteiger partial charge in [-0.3, -0.25) is 4.79 Å². The van der Waals surface area contributed by atoms with Gasteiger partial charge in [0.1, 0.15) is 5.76 Å². The molecule has 1 unspecified atom stereocenters. The fourth-order valence-electron chi connectivity index (χ4n) is 2.60. The van der Waals surface area contributed by atoms with Crippen LogP contribution < -0.4 is 0 Å². The SMILES string of the molecule is O=C1CCC(c2ccco2)C2=C1OCCC2. The summed E-state index contributed by atoms with van der Waals surface area (Å²) >= 11 is 0. The average Bonchev–Trinajstić information content (AvgIpc) is 2.83. The molecule has 0 bridgehead atoms. The lowest BCUT2D eigenvalue weighted by Crippen LogP contribution is -2.23. The number of Topliss-reactive ketones (excluding diaryl/α,β-unsaturated/α-hetero) is 1. The van der Waals surface area contributed by atoms with Gasteiger partial charge in [0.25, 0.3) is 0 Å². The summed E-state index contributed by atoms with van der Waals surface area (Å²) in [7, 11) is 0. The number of furan rings is 1.